The normalized spacial score (nSPS) is 12.5. The first-order valence-corrected chi connectivity index (χ1v) is 45.0. The summed E-state index contributed by atoms with van der Waals surface area (Å²) in [5.74, 6) is 3.04. The van der Waals surface area contributed by atoms with Crippen molar-refractivity contribution in [2.45, 2.75) is 126 Å². The third-order valence-corrected chi connectivity index (χ3v) is 27.9. The molecule has 6 aromatic heterocycles. The molecule has 124 heavy (non-hydrogen) atoms. The van der Waals surface area contributed by atoms with Gasteiger partial charge in [0.2, 0.25) is 0 Å². The highest BCUT2D eigenvalue weighted by Gasteiger charge is 2.26. The van der Waals surface area contributed by atoms with Crippen LogP contribution in [0.2, 0.25) is 0 Å². The number of aromatic nitrogens is 3. The first kappa shape index (κ1) is 75.1. The lowest BCUT2D eigenvalue weighted by atomic mass is 9.95. The van der Waals surface area contributed by atoms with Crippen LogP contribution in [0.15, 0.2) is 328 Å². The molecule has 25 aromatic rings. The summed E-state index contributed by atoms with van der Waals surface area (Å²) < 4.78 is 7.58. The maximum Gasteiger partial charge on any atom is 0.0620 e. The van der Waals surface area contributed by atoms with Crippen molar-refractivity contribution in [2.24, 2.45) is 0 Å². The van der Waals surface area contributed by atoms with Gasteiger partial charge in [-0.1, -0.05) is 307 Å². The van der Waals surface area contributed by atoms with Gasteiger partial charge in [0.15, 0.2) is 0 Å². The number of nitrogens with zero attached hydrogens (tertiary/aromatic N) is 3. The monoisotopic (exact) mass is 1590 g/mol. The number of hydrogen-bond acceptors (Lipinski definition) is 0. The van der Waals surface area contributed by atoms with Crippen LogP contribution in [0, 0.1) is 6.92 Å². The van der Waals surface area contributed by atoms with Gasteiger partial charge in [0.05, 0.1) is 49.7 Å². The second-order valence-electron chi connectivity index (χ2n) is 37.7. The molecule has 0 aliphatic carbocycles. The molecule has 0 amide bonds. The predicted molar refractivity (Wildman–Crippen MR) is 539 cm³/mol. The lowest BCUT2D eigenvalue weighted by Gasteiger charge is -2.09. The third-order valence-electron chi connectivity index (χ3n) is 27.9. The fourth-order valence-electron chi connectivity index (χ4n) is 20.7. The Morgan fingerprint density at radius 3 is 0.548 bits per heavy atom. The molecular formula is C121H99N3. The Labute approximate surface area is 723 Å². The molecule has 0 atom stereocenters. The van der Waals surface area contributed by atoms with Crippen LogP contribution in [0.5, 0.6) is 0 Å². The quantitative estimate of drug-likeness (QED) is 0.129. The second-order valence-corrected chi connectivity index (χ2v) is 37.7. The number of rotatable bonds is 10. The summed E-state index contributed by atoms with van der Waals surface area (Å²) in [7, 11) is 0. The molecule has 0 unspecified atom stereocenters. The maximum atomic E-state index is 2.53. The van der Waals surface area contributed by atoms with Crippen LogP contribution < -0.4 is 0 Å². The van der Waals surface area contributed by atoms with Crippen LogP contribution >= 0.6 is 0 Å². The van der Waals surface area contributed by atoms with E-state index >= 15 is 0 Å². The molecular weight excluding hydrogens is 1500 g/mol. The zero-order valence-corrected chi connectivity index (χ0v) is 73.0. The molecule has 6 heterocycles. The van der Waals surface area contributed by atoms with Crippen molar-refractivity contribution in [2.75, 3.05) is 0 Å². The summed E-state index contributed by atoms with van der Waals surface area (Å²) in [6.07, 6.45) is 0. The first-order valence-electron chi connectivity index (χ1n) is 45.0. The van der Waals surface area contributed by atoms with Gasteiger partial charge in [-0.3, -0.25) is 0 Å². The van der Waals surface area contributed by atoms with Crippen molar-refractivity contribution in [1.29, 1.82) is 0 Å². The van der Waals surface area contributed by atoms with Crippen LogP contribution in [-0.4, -0.2) is 13.2 Å². The molecule has 0 bridgehead atoms. The smallest absolute Gasteiger partial charge is 0.0620 e. The Balaban J connectivity index is 0.000000108. The molecule has 25 rings (SSSR count). The average molecular weight is 1600 g/mol. The topological polar surface area (TPSA) is 13.2 Å². The maximum absolute atomic E-state index is 2.53. The Morgan fingerprint density at radius 2 is 0.339 bits per heavy atom. The Bertz CT molecular complexity index is 8230. The van der Waals surface area contributed by atoms with E-state index in [1.807, 2.05) is 0 Å². The minimum atomic E-state index is 0.499. The van der Waals surface area contributed by atoms with E-state index in [4.69, 9.17) is 0 Å². The van der Waals surface area contributed by atoms with E-state index in [2.05, 4.69) is 431 Å². The summed E-state index contributed by atoms with van der Waals surface area (Å²) in [5.41, 5.74) is 31.4. The summed E-state index contributed by atoms with van der Waals surface area (Å²) in [6, 6.07) is 125. The van der Waals surface area contributed by atoms with E-state index in [0.717, 1.165) is 0 Å². The van der Waals surface area contributed by atoms with Gasteiger partial charge in [0.1, 0.15) is 0 Å². The van der Waals surface area contributed by atoms with Crippen LogP contribution in [0.25, 0.3) is 223 Å². The summed E-state index contributed by atoms with van der Waals surface area (Å²) >= 11 is 0. The van der Waals surface area contributed by atoms with Crippen molar-refractivity contribution in [1.82, 2.24) is 13.2 Å². The standard InChI is InChI=1S/C44H35N.C39H33N.C38H31N/c1-26(2)31-14-16-33-24-42-38(20-35(33)18-31)40-22-37(30-12-10-29(11-13-30)28-8-6-5-7-9-28)23-41-39-21-36-19-32(27(3)4)15-17-34(36)25-43(39)45(42)44(40)41;1-22(2)26-10-12-28-20-37-33(16-30(28)14-26)35-18-32(25-8-6-24(5)7-9-25)19-36-34-17-31-15-27(23(3)4)11-13-29(31)21-38(34)40(37)39(35)36;1-22(2)25-10-12-27-20-36-32(16-29(27)14-25)34-18-31(24-8-6-5-7-9-24)19-35-33-17-30-15-26(23(3)4)11-13-28(30)21-37(33)39(36)38(34)35/h5-27H,1-4H3;6-23H,1-5H3;5-23H,1-4H3. The highest BCUT2D eigenvalue weighted by molar-refractivity contribution is 6.30. The van der Waals surface area contributed by atoms with E-state index in [9.17, 15) is 0 Å². The molecule has 0 aliphatic rings. The van der Waals surface area contributed by atoms with Gasteiger partial charge in [0.25, 0.3) is 0 Å². The van der Waals surface area contributed by atoms with Gasteiger partial charge in [-0.25, -0.2) is 0 Å². The van der Waals surface area contributed by atoms with Crippen LogP contribution in [0.1, 0.15) is 158 Å². The Morgan fingerprint density at radius 1 is 0.153 bits per heavy atom. The molecule has 0 fully saturated rings. The zero-order valence-electron chi connectivity index (χ0n) is 73.0. The van der Waals surface area contributed by atoms with Crippen molar-refractivity contribution in [3.8, 4) is 44.5 Å². The van der Waals surface area contributed by atoms with E-state index < -0.39 is 0 Å². The Hall–Kier alpha value is -13.9. The third kappa shape index (κ3) is 12.1. The predicted octanol–water partition coefficient (Wildman–Crippen LogP) is 35.1. The summed E-state index contributed by atoms with van der Waals surface area (Å²) in [5, 5.41) is 31.6. The lowest BCUT2D eigenvalue weighted by Crippen LogP contribution is -1.88. The Kier molecular flexibility index (Phi) is 17.3. The molecule has 0 aliphatic heterocycles. The van der Waals surface area contributed by atoms with Crippen molar-refractivity contribution in [3.63, 3.8) is 0 Å². The van der Waals surface area contributed by atoms with E-state index in [-0.39, 0.29) is 0 Å². The van der Waals surface area contributed by atoms with Crippen molar-refractivity contribution < 1.29 is 0 Å². The van der Waals surface area contributed by atoms with Gasteiger partial charge in [-0.2, -0.15) is 0 Å². The number of benzene rings is 19. The van der Waals surface area contributed by atoms with Crippen LogP contribution in [-0.2, 0) is 0 Å². The highest BCUT2D eigenvalue weighted by atomic mass is 14.9. The summed E-state index contributed by atoms with van der Waals surface area (Å²) in [4.78, 5) is 0. The number of hydrogen-bond donors (Lipinski definition) is 0. The number of aryl methyl sites for hydroxylation is 1. The molecule has 0 radical (unpaired) electrons. The fraction of sp³-hybridized carbons (Fsp3) is 0.157. The van der Waals surface area contributed by atoms with E-state index in [1.54, 1.807) is 0 Å². The fourth-order valence-corrected chi connectivity index (χ4v) is 20.7. The van der Waals surface area contributed by atoms with Crippen LogP contribution in [0.3, 0.4) is 0 Å². The largest absolute Gasteiger partial charge is 0.308 e. The van der Waals surface area contributed by atoms with E-state index in [1.165, 1.54) is 262 Å². The molecule has 3 heteroatoms. The van der Waals surface area contributed by atoms with Gasteiger partial charge >= 0.3 is 0 Å². The van der Waals surface area contributed by atoms with Crippen LogP contribution in [0.4, 0.5) is 0 Å². The SMILES string of the molecule is CC(C)c1ccc2cc3c(cc2c1)c1cc(-c2ccc(-c4ccccc4)cc2)cc2c4cc5cc(C(C)C)ccc5cc4n3c12.CC(C)c1ccc2cc3c(cc2c1)c1cc(-c2ccccc2)cc2c4cc5cc(C(C)C)ccc5cc4n3c12.Cc1ccc(-c2cc3c4cc5cc(C(C)C)ccc5cc4n4c5cc6ccc(C(C)C)cc6cc5c(c2)c34)cc1. The first-order chi connectivity index (χ1) is 60.2. The molecule has 19 aromatic carbocycles. The minimum absolute atomic E-state index is 0.499. The van der Waals surface area contributed by atoms with Gasteiger partial charge < -0.3 is 13.2 Å². The zero-order chi connectivity index (χ0) is 84.1. The molecule has 0 spiro atoms. The van der Waals surface area contributed by atoms with E-state index in [0.29, 0.717) is 35.5 Å². The summed E-state index contributed by atoms with van der Waals surface area (Å²) in [6.45, 7) is 29.4. The highest BCUT2D eigenvalue weighted by Crippen LogP contribution is 2.50. The molecule has 0 N–H and O–H groups in total. The molecule has 0 saturated carbocycles. The van der Waals surface area contributed by atoms with Gasteiger partial charge in [-0.15, -0.1) is 0 Å². The van der Waals surface area contributed by atoms with Gasteiger partial charge in [0, 0.05) is 64.6 Å². The molecule has 0 saturated heterocycles. The van der Waals surface area contributed by atoms with Gasteiger partial charge in [-0.05, 0) is 294 Å². The lowest BCUT2D eigenvalue weighted by molar-refractivity contribution is 0.869. The average Bonchev–Trinajstić information content (AvgIpc) is 1.54. The van der Waals surface area contributed by atoms with Crippen molar-refractivity contribution in [3.05, 3.63) is 367 Å². The minimum Gasteiger partial charge on any atom is -0.308 e. The second kappa shape index (κ2) is 28.6. The van der Waals surface area contributed by atoms with Crippen molar-refractivity contribution >= 4 is 179 Å². The molecule has 3 nitrogen and oxygen atoms in total. The number of fused-ring (bicyclic) bond motifs is 24. The molecule has 598 valence electrons.